The minimum atomic E-state index is -1.15. The second-order valence-electron chi connectivity index (χ2n) is 4.11. The number of methoxy groups -OCH3 is 1. The van der Waals surface area contributed by atoms with E-state index in [9.17, 15) is 4.79 Å². The Morgan fingerprint density at radius 1 is 1.37 bits per heavy atom. The van der Waals surface area contributed by atoms with E-state index < -0.39 is 5.97 Å². The first-order valence-electron chi connectivity index (χ1n) is 5.49. The highest BCUT2D eigenvalue weighted by Gasteiger charge is 2.20. The van der Waals surface area contributed by atoms with E-state index in [1.54, 1.807) is 7.11 Å². The number of aromatic carboxylic acids is 1. The molecule has 1 aromatic heterocycles. The van der Waals surface area contributed by atoms with Crippen molar-refractivity contribution in [2.45, 2.75) is 13.8 Å². The Bertz CT molecular complexity index is 648. The van der Waals surface area contributed by atoms with E-state index in [1.807, 2.05) is 19.9 Å². The fraction of sp³-hybridized carbons (Fsp3) is 0.231. The number of hydrogen-bond donors (Lipinski definition) is 1. The third-order valence-electron chi connectivity index (χ3n) is 2.77. The smallest absolute Gasteiger partial charge is 0.374 e. The molecule has 100 valence electrons. The molecule has 1 N–H and O–H groups in total. The van der Waals surface area contributed by atoms with Crippen LogP contribution in [0.1, 0.15) is 21.7 Å². The summed E-state index contributed by atoms with van der Waals surface area (Å²) in [6.07, 6.45) is 0. The lowest BCUT2D eigenvalue weighted by Crippen LogP contribution is -1.95. The predicted molar refractivity (Wildman–Crippen MR) is 72.6 cm³/mol. The molecule has 0 bridgehead atoms. The quantitative estimate of drug-likeness (QED) is 0.935. The van der Waals surface area contributed by atoms with Gasteiger partial charge in [0.2, 0.25) is 5.76 Å². The molecule has 0 atom stereocenters. The topological polar surface area (TPSA) is 72.6 Å². The Hall–Kier alpha value is -1.82. The van der Waals surface area contributed by atoms with Crippen LogP contribution in [-0.4, -0.2) is 23.3 Å². The fourth-order valence-electron chi connectivity index (χ4n) is 1.93. The van der Waals surface area contributed by atoms with Crippen LogP contribution in [0.15, 0.2) is 21.1 Å². The second-order valence-corrected chi connectivity index (χ2v) is 4.91. The predicted octanol–water partition coefficient (Wildman–Crippen LogP) is 3.43. The molecule has 0 fully saturated rings. The summed E-state index contributed by atoms with van der Waals surface area (Å²) in [5.41, 5.74) is 3.07. The van der Waals surface area contributed by atoms with Gasteiger partial charge in [0.25, 0.3) is 0 Å². The molecule has 2 rings (SSSR count). The van der Waals surface area contributed by atoms with Gasteiger partial charge in [-0.25, -0.2) is 4.79 Å². The summed E-state index contributed by atoms with van der Waals surface area (Å²) in [6.45, 7) is 3.86. The van der Waals surface area contributed by atoms with E-state index in [4.69, 9.17) is 14.4 Å². The summed E-state index contributed by atoms with van der Waals surface area (Å²) in [5.74, 6) is -0.718. The number of carbonyl (C=O) groups is 1. The zero-order chi connectivity index (χ0) is 14.2. The van der Waals surface area contributed by atoms with Gasteiger partial charge < -0.3 is 14.4 Å². The van der Waals surface area contributed by atoms with E-state index in [1.165, 1.54) is 6.07 Å². The minimum Gasteiger partial charge on any atom is -0.496 e. The first-order chi connectivity index (χ1) is 8.95. The highest BCUT2D eigenvalue weighted by atomic mass is 79.9. The molecular weight excluding hydrogens is 314 g/mol. The maximum Gasteiger partial charge on any atom is 0.374 e. The van der Waals surface area contributed by atoms with Crippen LogP contribution in [0.3, 0.4) is 0 Å². The Balaban J connectivity index is 2.69. The minimum absolute atomic E-state index is 0.205. The molecule has 0 aliphatic heterocycles. The van der Waals surface area contributed by atoms with Crippen LogP contribution in [0.5, 0.6) is 5.75 Å². The maximum absolute atomic E-state index is 10.8. The van der Waals surface area contributed by atoms with Crippen molar-refractivity contribution in [2.75, 3.05) is 7.11 Å². The van der Waals surface area contributed by atoms with Crippen molar-refractivity contribution >= 4 is 21.9 Å². The maximum atomic E-state index is 10.8. The molecule has 1 heterocycles. The summed E-state index contributed by atoms with van der Waals surface area (Å²) >= 11 is 3.48. The van der Waals surface area contributed by atoms with Crippen LogP contribution in [0, 0.1) is 13.8 Å². The van der Waals surface area contributed by atoms with Crippen molar-refractivity contribution in [2.24, 2.45) is 0 Å². The Labute approximate surface area is 118 Å². The third-order valence-corrected chi connectivity index (χ3v) is 3.79. The number of ether oxygens (including phenoxy) is 1. The number of aryl methyl sites for hydroxylation is 2. The normalized spacial score (nSPS) is 10.5. The van der Waals surface area contributed by atoms with Crippen LogP contribution in [0.25, 0.3) is 11.3 Å². The highest BCUT2D eigenvalue weighted by Crippen LogP contribution is 2.40. The van der Waals surface area contributed by atoms with Crippen molar-refractivity contribution in [3.05, 3.63) is 33.5 Å². The number of benzene rings is 1. The van der Waals surface area contributed by atoms with Crippen molar-refractivity contribution in [1.82, 2.24) is 5.16 Å². The lowest BCUT2D eigenvalue weighted by Gasteiger charge is -2.13. The average Bonchev–Trinajstić information content (AvgIpc) is 2.82. The molecule has 0 aliphatic rings. The van der Waals surface area contributed by atoms with Gasteiger partial charge in [0.1, 0.15) is 11.4 Å². The molecule has 0 spiro atoms. The van der Waals surface area contributed by atoms with Gasteiger partial charge in [0.05, 0.1) is 12.7 Å². The van der Waals surface area contributed by atoms with E-state index in [2.05, 4.69) is 21.1 Å². The van der Waals surface area contributed by atoms with Crippen LogP contribution in [0.2, 0.25) is 0 Å². The molecule has 0 radical (unpaired) electrons. The summed E-state index contributed by atoms with van der Waals surface area (Å²) < 4.78 is 11.0. The standard InChI is InChI=1S/C13H12BrNO4/c1-6-4-7(2)12(18-3)10(11(6)14)8-5-9(13(16)17)19-15-8/h4-5H,1-3H3,(H,16,17). The second kappa shape index (κ2) is 5.05. The highest BCUT2D eigenvalue weighted by molar-refractivity contribution is 9.10. The Morgan fingerprint density at radius 3 is 2.58 bits per heavy atom. The van der Waals surface area contributed by atoms with E-state index in [0.29, 0.717) is 17.0 Å². The van der Waals surface area contributed by atoms with E-state index >= 15 is 0 Å². The van der Waals surface area contributed by atoms with E-state index in [0.717, 1.165) is 15.6 Å². The SMILES string of the molecule is COc1c(C)cc(C)c(Br)c1-c1cc(C(=O)O)on1. The number of hydrogen-bond acceptors (Lipinski definition) is 4. The van der Waals surface area contributed by atoms with E-state index in [-0.39, 0.29) is 5.76 Å². The van der Waals surface area contributed by atoms with Gasteiger partial charge in [-0.2, -0.15) is 0 Å². The summed E-state index contributed by atoms with van der Waals surface area (Å²) in [7, 11) is 1.56. The largest absolute Gasteiger partial charge is 0.496 e. The monoisotopic (exact) mass is 325 g/mol. The summed E-state index contributed by atoms with van der Waals surface area (Å²) in [5, 5.41) is 12.7. The lowest BCUT2D eigenvalue weighted by atomic mass is 10.0. The molecular formula is C13H12BrNO4. The number of rotatable bonds is 3. The molecule has 1 aromatic carbocycles. The van der Waals surface area contributed by atoms with Crippen molar-refractivity contribution in [1.29, 1.82) is 0 Å². The molecule has 6 heteroatoms. The first-order valence-corrected chi connectivity index (χ1v) is 6.29. The van der Waals surface area contributed by atoms with Crippen LogP contribution in [-0.2, 0) is 0 Å². The number of nitrogens with zero attached hydrogens (tertiary/aromatic N) is 1. The molecule has 5 nitrogen and oxygen atoms in total. The van der Waals surface area contributed by atoms with Gasteiger partial charge in [-0.05, 0) is 40.9 Å². The van der Waals surface area contributed by atoms with Gasteiger partial charge in [-0.3, -0.25) is 0 Å². The van der Waals surface area contributed by atoms with Gasteiger partial charge in [0, 0.05) is 10.5 Å². The Kier molecular flexibility index (Phi) is 3.61. The molecule has 0 aliphatic carbocycles. The molecule has 0 saturated heterocycles. The summed E-state index contributed by atoms with van der Waals surface area (Å²) in [4.78, 5) is 10.8. The molecule has 19 heavy (non-hydrogen) atoms. The lowest BCUT2D eigenvalue weighted by molar-refractivity contribution is 0.0652. The molecule has 0 saturated carbocycles. The van der Waals surface area contributed by atoms with Gasteiger partial charge >= 0.3 is 5.97 Å². The van der Waals surface area contributed by atoms with Crippen LogP contribution < -0.4 is 4.74 Å². The van der Waals surface area contributed by atoms with Gasteiger partial charge in [0.15, 0.2) is 0 Å². The number of carboxylic acids is 1. The zero-order valence-corrected chi connectivity index (χ0v) is 12.2. The molecule has 0 unspecified atom stereocenters. The first kappa shape index (κ1) is 13.6. The van der Waals surface area contributed by atoms with Crippen LogP contribution >= 0.6 is 15.9 Å². The van der Waals surface area contributed by atoms with Crippen LogP contribution in [0.4, 0.5) is 0 Å². The fourth-order valence-corrected chi connectivity index (χ4v) is 2.43. The van der Waals surface area contributed by atoms with Crippen molar-refractivity contribution in [3.8, 4) is 17.0 Å². The number of halogens is 1. The van der Waals surface area contributed by atoms with Gasteiger partial charge in [-0.15, -0.1) is 0 Å². The molecule has 2 aromatic rings. The number of aromatic nitrogens is 1. The average molecular weight is 326 g/mol. The van der Waals surface area contributed by atoms with Crippen molar-refractivity contribution in [3.63, 3.8) is 0 Å². The van der Waals surface area contributed by atoms with Crippen molar-refractivity contribution < 1.29 is 19.2 Å². The Morgan fingerprint density at radius 2 is 2.05 bits per heavy atom. The zero-order valence-electron chi connectivity index (χ0n) is 10.7. The summed E-state index contributed by atoms with van der Waals surface area (Å²) in [6, 6.07) is 3.36. The third kappa shape index (κ3) is 2.35. The van der Waals surface area contributed by atoms with Gasteiger partial charge in [-0.1, -0.05) is 11.2 Å². The molecule has 0 amide bonds. The number of carboxylic acid groups (broad SMARTS) is 1.